The van der Waals surface area contributed by atoms with Gasteiger partial charge in [-0.3, -0.25) is 4.98 Å². The summed E-state index contributed by atoms with van der Waals surface area (Å²) in [7, 11) is 0. The predicted octanol–water partition coefficient (Wildman–Crippen LogP) is 5.45. The first-order valence-electron chi connectivity index (χ1n) is 7.93. The molecule has 0 unspecified atom stereocenters. The highest BCUT2D eigenvalue weighted by atomic mass is 19.1. The maximum absolute atomic E-state index is 13.3. The van der Waals surface area contributed by atoms with Crippen molar-refractivity contribution in [1.29, 1.82) is 0 Å². The fraction of sp³-hybridized carbons (Fsp3) is 0.0952. The Balaban J connectivity index is 2.08. The molecule has 0 saturated carbocycles. The second kappa shape index (κ2) is 5.60. The lowest BCUT2D eigenvalue weighted by Crippen LogP contribution is -1.96. The highest BCUT2D eigenvalue weighted by Gasteiger charge is 2.16. The van der Waals surface area contributed by atoms with Crippen molar-refractivity contribution >= 4 is 10.9 Å². The fourth-order valence-corrected chi connectivity index (χ4v) is 3.34. The molecule has 3 heteroatoms. The maximum Gasteiger partial charge on any atom is 0.123 e. The largest absolute Gasteiger partial charge is 0.313 e. The van der Waals surface area contributed by atoms with Gasteiger partial charge >= 0.3 is 0 Å². The summed E-state index contributed by atoms with van der Waals surface area (Å²) in [5.41, 5.74) is 6.72. The predicted molar refractivity (Wildman–Crippen MR) is 95.9 cm³/mol. The van der Waals surface area contributed by atoms with E-state index in [9.17, 15) is 4.39 Å². The van der Waals surface area contributed by atoms with Crippen molar-refractivity contribution in [3.8, 4) is 16.8 Å². The van der Waals surface area contributed by atoms with Crippen LogP contribution in [0.2, 0.25) is 0 Å². The van der Waals surface area contributed by atoms with E-state index in [1.165, 1.54) is 23.1 Å². The summed E-state index contributed by atoms with van der Waals surface area (Å²) < 4.78 is 15.6. The van der Waals surface area contributed by atoms with Gasteiger partial charge in [0, 0.05) is 34.7 Å². The van der Waals surface area contributed by atoms with Crippen LogP contribution in [0.5, 0.6) is 0 Å². The lowest BCUT2D eigenvalue weighted by Gasteiger charge is -2.08. The lowest BCUT2D eigenvalue weighted by atomic mass is 10.0. The molecule has 0 radical (unpaired) electrons. The summed E-state index contributed by atoms with van der Waals surface area (Å²) >= 11 is 0. The van der Waals surface area contributed by atoms with Gasteiger partial charge in [-0.15, -0.1) is 0 Å². The minimum atomic E-state index is -0.217. The van der Waals surface area contributed by atoms with Gasteiger partial charge in [-0.05, 0) is 55.8 Å². The van der Waals surface area contributed by atoms with Crippen LogP contribution in [0.4, 0.5) is 4.39 Å². The van der Waals surface area contributed by atoms with Gasteiger partial charge in [0.15, 0.2) is 0 Å². The Labute approximate surface area is 140 Å². The molecule has 0 amide bonds. The molecule has 0 aliphatic rings. The molecule has 0 bridgehead atoms. The third-order valence-corrected chi connectivity index (χ3v) is 4.41. The average molecular weight is 316 g/mol. The standard InChI is InChI=1S/C21H17FN2/c1-14-3-8-20-19(13-14)21(16-4-6-17(22)7-5-16)15(2)24(20)18-9-11-23-12-10-18/h3-13H,1-2H3. The summed E-state index contributed by atoms with van der Waals surface area (Å²) in [5.74, 6) is -0.217. The van der Waals surface area contributed by atoms with Crippen molar-refractivity contribution in [3.63, 3.8) is 0 Å². The van der Waals surface area contributed by atoms with Crippen LogP contribution in [0.1, 0.15) is 11.3 Å². The summed E-state index contributed by atoms with van der Waals surface area (Å²) in [6.07, 6.45) is 3.60. The molecule has 2 nitrogen and oxygen atoms in total. The SMILES string of the molecule is Cc1ccc2c(c1)c(-c1ccc(F)cc1)c(C)n2-c1ccncc1. The molecular weight excluding hydrogens is 299 g/mol. The molecule has 0 aliphatic heterocycles. The average Bonchev–Trinajstić information content (AvgIpc) is 2.88. The molecule has 2 aromatic heterocycles. The minimum Gasteiger partial charge on any atom is -0.313 e. The van der Waals surface area contributed by atoms with E-state index in [0.717, 1.165) is 28.0 Å². The number of aromatic nitrogens is 2. The Morgan fingerprint density at radius 1 is 0.875 bits per heavy atom. The lowest BCUT2D eigenvalue weighted by molar-refractivity contribution is 0.628. The molecule has 0 N–H and O–H groups in total. The number of benzene rings is 2. The Kier molecular flexibility index (Phi) is 3.42. The number of halogens is 1. The Hall–Kier alpha value is -2.94. The second-order valence-corrected chi connectivity index (χ2v) is 6.03. The molecule has 118 valence electrons. The van der Waals surface area contributed by atoms with Crippen molar-refractivity contribution in [2.75, 3.05) is 0 Å². The van der Waals surface area contributed by atoms with E-state index in [-0.39, 0.29) is 5.82 Å². The number of rotatable bonds is 2. The zero-order chi connectivity index (χ0) is 16.7. The van der Waals surface area contributed by atoms with Gasteiger partial charge in [0.25, 0.3) is 0 Å². The van der Waals surface area contributed by atoms with Crippen molar-refractivity contribution < 1.29 is 4.39 Å². The Bertz CT molecular complexity index is 1020. The quantitative estimate of drug-likeness (QED) is 0.481. The number of nitrogens with zero attached hydrogens (tertiary/aromatic N) is 2. The molecule has 2 aromatic carbocycles. The van der Waals surface area contributed by atoms with E-state index in [2.05, 4.69) is 41.6 Å². The van der Waals surface area contributed by atoms with E-state index in [1.807, 2.05) is 24.3 Å². The highest BCUT2D eigenvalue weighted by molar-refractivity contribution is 5.99. The monoisotopic (exact) mass is 316 g/mol. The fourth-order valence-electron chi connectivity index (χ4n) is 3.34. The van der Waals surface area contributed by atoms with E-state index >= 15 is 0 Å². The number of hydrogen-bond acceptors (Lipinski definition) is 1. The van der Waals surface area contributed by atoms with E-state index < -0.39 is 0 Å². The molecular formula is C21H17FN2. The van der Waals surface area contributed by atoms with E-state index in [4.69, 9.17) is 0 Å². The molecule has 24 heavy (non-hydrogen) atoms. The summed E-state index contributed by atoms with van der Waals surface area (Å²) in [6, 6.07) is 17.2. The normalized spacial score (nSPS) is 11.1. The van der Waals surface area contributed by atoms with Crippen LogP contribution >= 0.6 is 0 Å². The van der Waals surface area contributed by atoms with Gasteiger partial charge in [0.1, 0.15) is 5.82 Å². The van der Waals surface area contributed by atoms with Gasteiger partial charge in [-0.25, -0.2) is 4.39 Å². The second-order valence-electron chi connectivity index (χ2n) is 6.03. The first kappa shape index (κ1) is 14.6. The van der Waals surface area contributed by atoms with E-state index in [1.54, 1.807) is 12.4 Å². The van der Waals surface area contributed by atoms with Crippen LogP contribution in [-0.2, 0) is 0 Å². The topological polar surface area (TPSA) is 17.8 Å². The van der Waals surface area contributed by atoms with Crippen molar-refractivity contribution in [1.82, 2.24) is 9.55 Å². The van der Waals surface area contributed by atoms with Crippen molar-refractivity contribution in [2.24, 2.45) is 0 Å². The van der Waals surface area contributed by atoms with Gasteiger partial charge in [0.2, 0.25) is 0 Å². The first-order chi connectivity index (χ1) is 11.6. The summed E-state index contributed by atoms with van der Waals surface area (Å²) in [6.45, 7) is 4.20. The zero-order valence-electron chi connectivity index (χ0n) is 13.6. The molecule has 0 atom stereocenters. The van der Waals surface area contributed by atoms with Gasteiger partial charge in [-0.2, -0.15) is 0 Å². The van der Waals surface area contributed by atoms with Crippen LogP contribution in [0.15, 0.2) is 67.0 Å². The molecule has 0 fully saturated rings. The molecule has 4 aromatic rings. The van der Waals surface area contributed by atoms with Crippen LogP contribution in [0.25, 0.3) is 27.7 Å². The molecule has 2 heterocycles. The Morgan fingerprint density at radius 3 is 2.29 bits per heavy atom. The Morgan fingerprint density at radius 2 is 1.58 bits per heavy atom. The summed E-state index contributed by atoms with van der Waals surface area (Å²) in [5, 5.41) is 1.18. The molecule has 0 aliphatic carbocycles. The molecule has 4 rings (SSSR count). The van der Waals surface area contributed by atoms with Crippen LogP contribution in [0, 0.1) is 19.7 Å². The van der Waals surface area contributed by atoms with Crippen LogP contribution in [-0.4, -0.2) is 9.55 Å². The van der Waals surface area contributed by atoms with Gasteiger partial charge in [0.05, 0.1) is 5.52 Å². The highest BCUT2D eigenvalue weighted by Crippen LogP contribution is 2.37. The number of pyridine rings is 1. The third kappa shape index (κ3) is 2.29. The van der Waals surface area contributed by atoms with E-state index in [0.29, 0.717) is 0 Å². The molecule has 0 spiro atoms. The number of hydrogen-bond donors (Lipinski definition) is 0. The minimum absolute atomic E-state index is 0.217. The van der Waals surface area contributed by atoms with Crippen LogP contribution < -0.4 is 0 Å². The van der Waals surface area contributed by atoms with Gasteiger partial charge in [-0.1, -0.05) is 23.8 Å². The van der Waals surface area contributed by atoms with Crippen LogP contribution in [0.3, 0.4) is 0 Å². The first-order valence-corrected chi connectivity index (χ1v) is 7.93. The molecule has 0 saturated heterocycles. The zero-order valence-corrected chi connectivity index (χ0v) is 13.6. The number of fused-ring (bicyclic) bond motifs is 1. The van der Waals surface area contributed by atoms with Gasteiger partial charge < -0.3 is 4.57 Å². The third-order valence-electron chi connectivity index (χ3n) is 4.41. The maximum atomic E-state index is 13.3. The smallest absolute Gasteiger partial charge is 0.123 e. The number of aryl methyl sites for hydroxylation is 1. The van der Waals surface area contributed by atoms with Crippen molar-refractivity contribution in [3.05, 3.63) is 84.1 Å². The van der Waals surface area contributed by atoms with Crippen molar-refractivity contribution in [2.45, 2.75) is 13.8 Å². The summed E-state index contributed by atoms with van der Waals surface area (Å²) in [4.78, 5) is 4.11.